The fourth-order valence-electron chi connectivity index (χ4n) is 3.42. The summed E-state index contributed by atoms with van der Waals surface area (Å²) in [6.45, 7) is 5.90. The molecule has 4 rings (SSSR count). The second-order valence-corrected chi connectivity index (χ2v) is 7.03. The van der Waals surface area contributed by atoms with Crippen LogP contribution in [0.2, 0.25) is 0 Å². The van der Waals surface area contributed by atoms with Crippen molar-refractivity contribution in [3.05, 3.63) is 29.2 Å². The highest BCUT2D eigenvalue weighted by Crippen LogP contribution is 2.31. The summed E-state index contributed by atoms with van der Waals surface area (Å²) in [7, 11) is 1.73. The van der Waals surface area contributed by atoms with Gasteiger partial charge in [0.05, 0.1) is 43.4 Å². The minimum atomic E-state index is 0.232. The van der Waals surface area contributed by atoms with Crippen molar-refractivity contribution in [2.45, 2.75) is 13.3 Å². The Labute approximate surface area is 175 Å². The second-order valence-electron chi connectivity index (χ2n) is 7.03. The normalized spacial score (nSPS) is 17.3. The van der Waals surface area contributed by atoms with Crippen molar-refractivity contribution in [1.82, 2.24) is 19.9 Å². The van der Waals surface area contributed by atoms with Crippen LogP contribution in [-0.2, 0) is 9.47 Å². The van der Waals surface area contributed by atoms with Gasteiger partial charge in [-0.2, -0.15) is 4.98 Å². The number of ether oxygens (including phenoxy) is 2. The molecule has 0 aliphatic carbocycles. The highest BCUT2D eigenvalue weighted by molar-refractivity contribution is 5.95. The summed E-state index contributed by atoms with van der Waals surface area (Å²) in [5.74, 6) is 1.56. The molecular weight excluding hydrogens is 384 g/mol. The fourth-order valence-corrected chi connectivity index (χ4v) is 3.42. The molecule has 0 amide bonds. The van der Waals surface area contributed by atoms with Crippen molar-refractivity contribution in [2.75, 3.05) is 62.5 Å². The molecule has 0 radical (unpaired) electrons. The van der Waals surface area contributed by atoms with E-state index in [4.69, 9.17) is 25.2 Å². The molecule has 0 spiro atoms. The molecule has 0 atom stereocenters. The van der Waals surface area contributed by atoms with Crippen molar-refractivity contribution >= 4 is 23.9 Å². The lowest BCUT2D eigenvalue weighted by molar-refractivity contribution is 0.122. The van der Waals surface area contributed by atoms with Crippen molar-refractivity contribution in [2.24, 2.45) is 4.99 Å². The van der Waals surface area contributed by atoms with E-state index in [-0.39, 0.29) is 5.95 Å². The standard InChI is InChI=1S/C20H26N8O2/c1-13-15(12-23-19(21)24-13)17-16(11-22-2)18(25-14-3-7-29-8-4-14)27-20(26-17)28-5-9-30-10-6-28/h3,11-12H,4-10H2,1-2H3,(H2,21,23,24)(H,25,26,27). The molecule has 2 aromatic rings. The lowest BCUT2D eigenvalue weighted by atomic mass is 10.1. The maximum Gasteiger partial charge on any atom is 0.228 e. The fraction of sp³-hybridized carbons (Fsp3) is 0.450. The average Bonchev–Trinajstić information content (AvgIpc) is 2.76. The van der Waals surface area contributed by atoms with Crippen LogP contribution in [0.25, 0.3) is 11.3 Å². The van der Waals surface area contributed by atoms with Crippen LogP contribution >= 0.6 is 0 Å². The molecule has 3 N–H and O–H groups in total. The summed E-state index contributed by atoms with van der Waals surface area (Å²) in [6, 6.07) is 0. The maximum atomic E-state index is 5.77. The van der Waals surface area contributed by atoms with Gasteiger partial charge in [-0.3, -0.25) is 4.99 Å². The molecule has 2 aliphatic heterocycles. The van der Waals surface area contributed by atoms with E-state index >= 15 is 0 Å². The number of rotatable bonds is 5. The van der Waals surface area contributed by atoms with Crippen LogP contribution in [0.1, 0.15) is 17.7 Å². The molecule has 2 aliphatic rings. The van der Waals surface area contributed by atoms with Gasteiger partial charge in [0.15, 0.2) is 0 Å². The lowest BCUT2D eigenvalue weighted by Crippen LogP contribution is -2.37. The van der Waals surface area contributed by atoms with E-state index in [0.717, 1.165) is 42.0 Å². The minimum absolute atomic E-state index is 0.232. The Bertz CT molecular complexity index is 970. The van der Waals surface area contributed by atoms with Crippen molar-refractivity contribution < 1.29 is 9.47 Å². The molecule has 1 fully saturated rings. The molecule has 158 valence electrons. The Morgan fingerprint density at radius 2 is 2.00 bits per heavy atom. The first-order valence-electron chi connectivity index (χ1n) is 9.96. The van der Waals surface area contributed by atoms with Gasteiger partial charge >= 0.3 is 0 Å². The van der Waals surface area contributed by atoms with Crippen molar-refractivity contribution in [1.29, 1.82) is 0 Å². The zero-order valence-corrected chi connectivity index (χ0v) is 17.3. The van der Waals surface area contributed by atoms with Crippen LogP contribution in [0, 0.1) is 6.92 Å². The Morgan fingerprint density at radius 1 is 1.17 bits per heavy atom. The molecule has 4 heterocycles. The predicted octanol–water partition coefficient (Wildman–Crippen LogP) is 1.43. The summed E-state index contributed by atoms with van der Waals surface area (Å²) in [5, 5.41) is 3.47. The average molecular weight is 410 g/mol. The van der Waals surface area contributed by atoms with Gasteiger partial charge in [-0.1, -0.05) is 0 Å². The Kier molecular flexibility index (Phi) is 6.15. The molecule has 2 aromatic heterocycles. The molecule has 10 nitrogen and oxygen atoms in total. The zero-order chi connectivity index (χ0) is 20.9. The molecule has 1 saturated heterocycles. The van der Waals surface area contributed by atoms with Gasteiger partial charge in [-0.15, -0.1) is 0 Å². The van der Waals surface area contributed by atoms with Gasteiger partial charge in [-0.05, 0) is 13.0 Å². The van der Waals surface area contributed by atoms with Crippen LogP contribution in [0.3, 0.4) is 0 Å². The van der Waals surface area contributed by atoms with E-state index in [9.17, 15) is 0 Å². The first-order chi connectivity index (χ1) is 14.7. The quantitative estimate of drug-likeness (QED) is 0.704. The van der Waals surface area contributed by atoms with E-state index < -0.39 is 0 Å². The Balaban J connectivity index is 1.86. The number of morpholine rings is 1. The summed E-state index contributed by atoms with van der Waals surface area (Å²) >= 11 is 0. The number of aromatic nitrogens is 4. The number of nitrogens with zero attached hydrogens (tertiary/aromatic N) is 6. The van der Waals surface area contributed by atoms with Crippen LogP contribution in [0.15, 0.2) is 23.0 Å². The highest BCUT2D eigenvalue weighted by Gasteiger charge is 2.22. The van der Waals surface area contributed by atoms with E-state index in [1.165, 1.54) is 0 Å². The maximum absolute atomic E-state index is 5.77. The van der Waals surface area contributed by atoms with E-state index in [2.05, 4.69) is 25.2 Å². The molecule has 30 heavy (non-hydrogen) atoms. The first-order valence-corrected chi connectivity index (χ1v) is 9.96. The number of aryl methyl sites for hydroxylation is 1. The second kappa shape index (κ2) is 9.14. The summed E-state index contributed by atoms with van der Waals surface area (Å²) < 4.78 is 10.9. The molecule has 0 unspecified atom stereocenters. The third kappa shape index (κ3) is 4.39. The molecule has 0 saturated carbocycles. The van der Waals surface area contributed by atoms with Crippen molar-refractivity contribution in [3.8, 4) is 11.3 Å². The minimum Gasteiger partial charge on any atom is -0.378 e. The number of nitrogen functional groups attached to an aromatic ring is 1. The van der Waals surface area contributed by atoms with E-state index in [1.807, 2.05) is 13.0 Å². The molecule has 10 heteroatoms. The number of nitrogens with two attached hydrogens (primary N) is 1. The number of hydrogen-bond acceptors (Lipinski definition) is 10. The topological polar surface area (TPSA) is 124 Å². The van der Waals surface area contributed by atoms with Crippen molar-refractivity contribution in [3.63, 3.8) is 0 Å². The molecule has 0 aromatic carbocycles. The number of hydrogen-bond donors (Lipinski definition) is 2. The van der Waals surface area contributed by atoms with Gasteiger partial charge < -0.3 is 25.4 Å². The SMILES string of the molecule is CN=Cc1c(NC2=CCOCC2)nc(N2CCOCC2)nc1-c1cnc(N)nc1C. The number of aliphatic imine (C=N–C) groups is 1. The predicted molar refractivity (Wildman–Crippen MR) is 116 cm³/mol. The summed E-state index contributed by atoms with van der Waals surface area (Å²) in [4.78, 5) is 24.6. The third-order valence-corrected chi connectivity index (χ3v) is 4.98. The first kappa shape index (κ1) is 20.2. The van der Waals surface area contributed by atoms with Gasteiger partial charge in [0.25, 0.3) is 0 Å². The Hall–Kier alpha value is -3.11. The number of nitrogens with one attached hydrogen (secondary N) is 1. The largest absolute Gasteiger partial charge is 0.378 e. The smallest absolute Gasteiger partial charge is 0.228 e. The van der Waals surface area contributed by atoms with Crippen LogP contribution < -0.4 is 16.0 Å². The summed E-state index contributed by atoms with van der Waals surface area (Å²) in [5.41, 5.74) is 9.86. The van der Waals surface area contributed by atoms with Gasteiger partial charge in [-0.25, -0.2) is 15.0 Å². The Morgan fingerprint density at radius 3 is 2.70 bits per heavy atom. The third-order valence-electron chi connectivity index (χ3n) is 4.98. The summed E-state index contributed by atoms with van der Waals surface area (Å²) in [6.07, 6.45) is 6.28. The van der Waals surface area contributed by atoms with E-state index in [0.29, 0.717) is 43.9 Å². The molecular formula is C20H26N8O2. The molecule has 0 bridgehead atoms. The van der Waals surface area contributed by atoms with Gasteiger partial charge in [0, 0.05) is 50.2 Å². The monoisotopic (exact) mass is 410 g/mol. The lowest BCUT2D eigenvalue weighted by Gasteiger charge is -2.28. The zero-order valence-electron chi connectivity index (χ0n) is 17.3. The van der Waals surface area contributed by atoms with Crippen LogP contribution in [0.5, 0.6) is 0 Å². The van der Waals surface area contributed by atoms with Crippen LogP contribution in [-0.4, -0.2) is 72.7 Å². The van der Waals surface area contributed by atoms with Gasteiger partial charge in [0.1, 0.15) is 5.82 Å². The van der Waals surface area contributed by atoms with Crippen LogP contribution in [0.4, 0.5) is 17.7 Å². The van der Waals surface area contributed by atoms with E-state index in [1.54, 1.807) is 19.5 Å². The van der Waals surface area contributed by atoms with Gasteiger partial charge in [0.2, 0.25) is 11.9 Å². The number of anilines is 3. The highest BCUT2D eigenvalue weighted by atomic mass is 16.5.